The van der Waals surface area contributed by atoms with Crippen molar-refractivity contribution in [1.82, 2.24) is 0 Å². The highest BCUT2D eigenvalue weighted by molar-refractivity contribution is 5.24. The molecule has 1 aliphatic heterocycles. The van der Waals surface area contributed by atoms with Crippen molar-refractivity contribution in [2.75, 3.05) is 13.2 Å². The lowest BCUT2D eigenvalue weighted by molar-refractivity contribution is -0.107. The van der Waals surface area contributed by atoms with Crippen molar-refractivity contribution in [3.8, 4) is 0 Å². The van der Waals surface area contributed by atoms with E-state index in [1.54, 1.807) is 0 Å². The van der Waals surface area contributed by atoms with E-state index in [9.17, 15) is 13.2 Å². The van der Waals surface area contributed by atoms with Gasteiger partial charge in [-0.25, -0.2) is 13.2 Å². The Morgan fingerprint density at radius 3 is 2.48 bits per heavy atom. The topological polar surface area (TPSA) is 35.2 Å². The highest BCUT2D eigenvalue weighted by Gasteiger charge is 2.46. The van der Waals surface area contributed by atoms with Crippen LogP contribution in [-0.2, 0) is 4.74 Å². The van der Waals surface area contributed by atoms with E-state index in [4.69, 9.17) is 10.5 Å². The van der Waals surface area contributed by atoms with Crippen LogP contribution >= 0.6 is 0 Å². The molecule has 0 radical (unpaired) electrons. The molecule has 21 heavy (non-hydrogen) atoms. The van der Waals surface area contributed by atoms with Crippen LogP contribution in [0.1, 0.15) is 38.2 Å². The Morgan fingerprint density at radius 1 is 1.33 bits per heavy atom. The maximum Gasteiger partial charge on any atom is 0.267 e. The summed E-state index contributed by atoms with van der Waals surface area (Å²) in [5.41, 5.74) is 5.31. The van der Waals surface area contributed by atoms with Gasteiger partial charge in [-0.15, -0.1) is 0 Å². The Balaban J connectivity index is 2.34. The molecule has 0 aliphatic carbocycles. The molecule has 1 aromatic carbocycles. The summed E-state index contributed by atoms with van der Waals surface area (Å²) in [5.74, 6) is -4.69. The largest absolute Gasteiger partial charge is 0.376 e. The molecular weight excluding hydrogens is 279 g/mol. The summed E-state index contributed by atoms with van der Waals surface area (Å²) in [6.45, 7) is 3.55. The molecule has 2 nitrogen and oxygen atoms in total. The first-order chi connectivity index (χ1) is 9.75. The summed E-state index contributed by atoms with van der Waals surface area (Å²) in [4.78, 5) is 0. The number of rotatable bonds is 4. The third kappa shape index (κ3) is 3.77. The van der Waals surface area contributed by atoms with Gasteiger partial charge in [-0.1, -0.05) is 12.1 Å². The van der Waals surface area contributed by atoms with Gasteiger partial charge in [0.15, 0.2) is 0 Å². The molecule has 2 N–H and O–H groups in total. The molecule has 0 spiro atoms. The first-order valence-electron chi connectivity index (χ1n) is 7.22. The maximum absolute atomic E-state index is 14.4. The Morgan fingerprint density at radius 2 is 1.95 bits per heavy atom. The minimum atomic E-state index is -3.02. The van der Waals surface area contributed by atoms with E-state index in [1.165, 1.54) is 24.3 Å². The van der Waals surface area contributed by atoms with E-state index in [-0.39, 0.29) is 5.92 Å². The Labute approximate surface area is 123 Å². The van der Waals surface area contributed by atoms with Crippen molar-refractivity contribution in [2.45, 2.75) is 44.1 Å². The van der Waals surface area contributed by atoms with E-state index in [1.807, 2.05) is 13.8 Å². The van der Waals surface area contributed by atoms with Gasteiger partial charge in [-0.3, -0.25) is 0 Å². The standard InChI is InChI=1S/C16H22F3NO/c1-15(2)9-12(7-8-21-15)14(16(18,19)10-20)11-3-5-13(17)6-4-11/h3-6,12,14H,7-10,20H2,1-2H3. The van der Waals surface area contributed by atoms with Gasteiger partial charge < -0.3 is 10.5 Å². The average molecular weight is 301 g/mol. The fraction of sp³-hybridized carbons (Fsp3) is 0.625. The van der Waals surface area contributed by atoms with Crippen molar-refractivity contribution in [2.24, 2.45) is 11.7 Å². The van der Waals surface area contributed by atoms with Crippen molar-refractivity contribution >= 4 is 0 Å². The summed E-state index contributed by atoms with van der Waals surface area (Å²) < 4.78 is 47.4. The highest BCUT2D eigenvalue weighted by Crippen LogP contribution is 2.45. The third-order valence-corrected chi connectivity index (χ3v) is 4.16. The summed E-state index contributed by atoms with van der Waals surface area (Å²) >= 11 is 0. The second-order valence-corrected chi connectivity index (χ2v) is 6.36. The molecule has 118 valence electrons. The van der Waals surface area contributed by atoms with E-state index >= 15 is 0 Å². The number of hydrogen-bond donors (Lipinski definition) is 1. The Bertz CT molecular complexity index is 473. The molecule has 2 atom stereocenters. The van der Waals surface area contributed by atoms with Gasteiger partial charge in [0.1, 0.15) is 5.82 Å². The normalized spacial score (nSPS) is 23.8. The number of nitrogens with two attached hydrogens (primary N) is 1. The third-order valence-electron chi connectivity index (χ3n) is 4.16. The second-order valence-electron chi connectivity index (χ2n) is 6.36. The lowest BCUT2D eigenvalue weighted by Crippen LogP contribution is -2.44. The van der Waals surface area contributed by atoms with Gasteiger partial charge >= 0.3 is 0 Å². The summed E-state index contributed by atoms with van der Waals surface area (Å²) in [6.07, 6.45) is 1.09. The zero-order valence-electron chi connectivity index (χ0n) is 12.4. The van der Waals surface area contributed by atoms with Crippen LogP contribution in [0.4, 0.5) is 13.2 Å². The predicted molar refractivity (Wildman–Crippen MR) is 75.9 cm³/mol. The van der Waals surface area contributed by atoms with Crippen LogP contribution in [0.25, 0.3) is 0 Å². The van der Waals surface area contributed by atoms with Gasteiger partial charge in [0.2, 0.25) is 0 Å². The number of alkyl halides is 2. The van der Waals surface area contributed by atoms with Gasteiger partial charge in [-0.2, -0.15) is 0 Å². The summed E-state index contributed by atoms with van der Waals surface area (Å²) in [6, 6.07) is 5.32. The zero-order valence-corrected chi connectivity index (χ0v) is 12.4. The fourth-order valence-electron chi connectivity index (χ4n) is 3.22. The molecular formula is C16H22F3NO. The monoisotopic (exact) mass is 301 g/mol. The molecule has 1 aliphatic rings. The molecule has 2 unspecified atom stereocenters. The van der Waals surface area contributed by atoms with Crippen LogP contribution in [0, 0.1) is 11.7 Å². The van der Waals surface area contributed by atoms with E-state index in [0.717, 1.165) is 0 Å². The molecule has 1 fully saturated rings. The van der Waals surface area contributed by atoms with Gasteiger partial charge in [0.05, 0.1) is 18.1 Å². The predicted octanol–water partition coefficient (Wildman–Crippen LogP) is 3.71. The summed E-state index contributed by atoms with van der Waals surface area (Å²) in [7, 11) is 0. The van der Waals surface area contributed by atoms with Gasteiger partial charge in [0, 0.05) is 6.61 Å². The first-order valence-corrected chi connectivity index (χ1v) is 7.22. The lowest BCUT2D eigenvalue weighted by Gasteiger charge is -2.41. The Kier molecular flexibility index (Phi) is 4.63. The van der Waals surface area contributed by atoms with Gasteiger partial charge in [-0.05, 0) is 50.3 Å². The minimum Gasteiger partial charge on any atom is -0.376 e. The van der Waals surface area contributed by atoms with Crippen LogP contribution in [0.2, 0.25) is 0 Å². The SMILES string of the molecule is CC1(C)CC(C(c2ccc(F)cc2)C(F)(F)CN)CCO1. The molecule has 0 amide bonds. The minimum absolute atomic E-state index is 0.238. The zero-order chi connectivity index (χ0) is 15.7. The number of ether oxygens (including phenoxy) is 1. The van der Waals surface area contributed by atoms with Crippen LogP contribution in [0.3, 0.4) is 0 Å². The molecule has 5 heteroatoms. The number of hydrogen-bond acceptors (Lipinski definition) is 2. The number of benzene rings is 1. The van der Waals surface area contributed by atoms with Gasteiger partial charge in [0.25, 0.3) is 5.92 Å². The van der Waals surface area contributed by atoms with Crippen molar-refractivity contribution in [1.29, 1.82) is 0 Å². The molecule has 0 aromatic heterocycles. The maximum atomic E-state index is 14.4. The van der Waals surface area contributed by atoms with Crippen molar-refractivity contribution in [3.63, 3.8) is 0 Å². The fourth-order valence-corrected chi connectivity index (χ4v) is 3.22. The van der Waals surface area contributed by atoms with Crippen LogP contribution < -0.4 is 5.73 Å². The van der Waals surface area contributed by atoms with E-state index < -0.39 is 29.8 Å². The molecule has 2 rings (SSSR count). The molecule has 1 saturated heterocycles. The van der Waals surface area contributed by atoms with Crippen molar-refractivity contribution < 1.29 is 17.9 Å². The van der Waals surface area contributed by atoms with Crippen molar-refractivity contribution in [3.05, 3.63) is 35.6 Å². The molecule has 1 heterocycles. The lowest BCUT2D eigenvalue weighted by atomic mass is 9.73. The number of halogens is 3. The quantitative estimate of drug-likeness (QED) is 0.920. The smallest absolute Gasteiger partial charge is 0.267 e. The molecule has 1 aromatic rings. The molecule has 0 bridgehead atoms. The summed E-state index contributed by atoms with van der Waals surface area (Å²) in [5, 5.41) is 0. The van der Waals surface area contributed by atoms with E-state index in [2.05, 4.69) is 0 Å². The van der Waals surface area contributed by atoms with Crippen LogP contribution in [0.15, 0.2) is 24.3 Å². The van der Waals surface area contributed by atoms with Crippen LogP contribution in [0.5, 0.6) is 0 Å². The second kappa shape index (κ2) is 5.97. The van der Waals surface area contributed by atoms with Crippen LogP contribution in [-0.4, -0.2) is 24.7 Å². The molecule has 0 saturated carbocycles. The first kappa shape index (κ1) is 16.3. The van der Waals surface area contributed by atoms with E-state index in [0.29, 0.717) is 25.0 Å². The Hall–Kier alpha value is -1.07. The average Bonchev–Trinajstić information content (AvgIpc) is 2.40. The highest BCUT2D eigenvalue weighted by atomic mass is 19.3.